The molecule has 1 aromatic heterocycles. The number of aliphatic hydroxyl groups excluding tert-OH is 1. The Hall–Kier alpha value is -0.480. The van der Waals surface area contributed by atoms with Crippen molar-refractivity contribution in [3.05, 3.63) is 18.0 Å². The van der Waals surface area contributed by atoms with E-state index in [2.05, 4.69) is 42.8 Å². The van der Waals surface area contributed by atoms with Crippen LogP contribution in [0, 0.1) is 0 Å². The zero-order valence-corrected chi connectivity index (χ0v) is 13.1. The molecule has 2 rings (SSSR count). The van der Waals surface area contributed by atoms with E-state index in [1.165, 1.54) is 12.2 Å². The van der Waals surface area contributed by atoms with E-state index in [9.17, 15) is 5.11 Å². The van der Waals surface area contributed by atoms with Gasteiger partial charge in [-0.1, -0.05) is 13.8 Å². The Bertz CT molecular complexity index is 395. The normalized spacial score (nSPS) is 25.1. The summed E-state index contributed by atoms with van der Waals surface area (Å²) in [7, 11) is 0. The molecule has 0 saturated carbocycles. The molecule has 2 heterocycles. The van der Waals surface area contributed by atoms with Gasteiger partial charge in [-0.05, 0) is 44.4 Å². The first-order chi connectivity index (χ1) is 9.09. The summed E-state index contributed by atoms with van der Waals surface area (Å²) in [6.45, 7) is 6.58. The van der Waals surface area contributed by atoms with Crippen LogP contribution in [0.3, 0.4) is 0 Å². The third-order valence-electron chi connectivity index (χ3n) is 4.34. The highest BCUT2D eigenvalue weighted by Crippen LogP contribution is 2.41. The summed E-state index contributed by atoms with van der Waals surface area (Å²) in [6.07, 6.45) is 7.00. The summed E-state index contributed by atoms with van der Waals surface area (Å²) in [5.74, 6) is 1.18. The van der Waals surface area contributed by atoms with Gasteiger partial charge in [0, 0.05) is 17.4 Å². The predicted molar refractivity (Wildman–Crippen MR) is 81.7 cm³/mol. The first kappa shape index (κ1) is 14.9. The second kappa shape index (κ2) is 6.31. The Balaban J connectivity index is 1.99. The van der Waals surface area contributed by atoms with Crippen molar-refractivity contribution >= 4 is 11.8 Å². The van der Waals surface area contributed by atoms with Gasteiger partial charge in [-0.2, -0.15) is 16.9 Å². The molecule has 1 N–H and O–H groups in total. The highest BCUT2D eigenvalue weighted by Gasteiger charge is 2.37. The van der Waals surface area contributed by atoms with Crippen molar-refractivity contribution in [2.75, 3.05) is 5.75 Å². The summed E-state index contributed by atoms with van der Waals surface area (Å²) in [5, 5.41) is 15.1. The van der Waals surface area contributed by atoms with Crippen LogP contribution >= 0.6 is 11.8 Å². The Labute approximate surface area is 120 Å². The number of aliphatic hydroxyl groups is 1. The van der Waals surface area contributed by atoms with Gasteiger partial charge in [0.25, 0.3) is 0 Å². The molecule has 19 heavy (non-hydrogen) atoms. The second-order valence-corrected chi connectivity index (χ2v) is 7.37. The molecule has 0 amide bonds. The molecule has 2 unspecified atom stereocenters. The van der Waals surface area contributed by atoms with Crippen LogP contribution < -0.4 is 0 Å². The van der Waals surface area contributed by atoms with Crippen molar-refractivity contribution in [2.24, 2.45) is 0 Å². The van der Waals surface area contributed by atoms with E-state index in [4.69, 9.17) is 0 Å². The van der Waals surface area contributed by atoms with Gasteiger partial charge in [0.1, 0.15) is 0 Å². The van der Waals surface area contributed by atoms with E-state index >= 15 is 0 Å². The molecule has 0 aromatic carbocycles. The molecule has 1 aliphatic heterocycles. The molecule has 3 nitrogen and oxygen atoms in total. The van der Waals surface area contributed by atoms with Gasteiger partial charge in [-0.25, -0.2) is 0 Å². The van der Waals surface area contributed by atoms with Gasteiger partial charge in [0.05, 0.1) is 17.8 Å². The maximum absolute atomic E-state index is 10.5. The standard InChI is InChI=1S/C15H26N2OS/c1-4-13(5-2)17-9-7-12(16-17)11-14(18)15(3)8-6-10-19-15/h7,9,13-14,18H,4-6,8,10-11H2,1-3H3. The van der Waals surface area contributed by atoms with Crippen LogP contribution in [0.25, 0.3) is 0 Å². The number of nitrogens with zero attached hydrogens (tertiary/aromatic N) is 2. The largest absolute Gasteiger partial charge is 0.391 e. The lowest BCUT2D eigenvalue weighted by molar-refractivity contribution is 0.132. The van der Waals surface area contributed by atoms with E-state index in [1.807, 2.05) is 11.8 Å². The Kier molecular flexibility index (Phi) is 4.96. The summed E-state index contributed by atoms with van der Waals surface area (Å²) < 4.78 is 2.09. The number of hydrogen-bond donors (Lipinski definition) is 1. The quantitative estimate of drug-likeness (QED) is 0.868. The van der Waals surface area contributed by atoms with Crippen molar-refractivity contribution < 1.29 is 5.11 Å². The highest BCUT2D eigenvalue weighted by molar-refractivity contribution is 8.00. The Morgan fingerprint density at radius 1 is 1.47 bits per heavy atom. The molecule has 0 spiro atoms. The molecule has 1 aromatic rings. The number of hydrogen-bond acceptors (Lipinski definition) is 3. The van der Waals surface area contributed by atoms with Crippen molar-refractivity contribution in [3.63, 3.8) is 0 Å². The van der Waals surface area contributed by atoms with E-state index < -0.39 is 0 Å². The highest BCUT2D eigenvalue weighted by atomic mass is 32.2. The van der Waals surface area contributed by atoms with Crippen LogP contribution in [0.4, 0.5) is 0 Å². The zero-order valence-electron chi connectivity index (χ0n) is 12.3. The Morgan fingerprint density at radius 2 is 2.21 bits per heavy atom. The van der Waals surface area contributed by atoms with Crippen LogP contribution in [0.1, 0.15) is 58.2 Å². The molecule has 4 heteroatoms. The lowest BCUT2D eigenvalue weighted by atomic mass is 9.95. The van der Waals surface area contributed by atoms with E-state index in [-0.39, 0.29) is 10.9 Å². The minimum atomic E-state index is -0.287. The minimum absolute atomic E-state index is 0.0265. The molecule has 2 atom stereocenters. The molecule has 108 valence electrons. The van der Waals surface area contributed by atoms with Crippen LogP contribution in [0.5, 0.6) is 0 Å². The first-order valence-corrected chi connectivity index (χ1v) is 8.43. The van der Waals surface area contributed by atoms with Crippen LogP contribution in [-0.2, 0) is 6.42 Å². The van der Waals surface area contributed by atoms with E-state index in [1.54, 1.807) is 0 Å². The average Bonchev–Trinajstić information content (AvgIpc) is 3.02. The summed E-state index contributed by atoms with van der Waals surface area (Å²) in [5.41, 5.74) is 1.02. The maximum atomic E-state index is 10.5. The van der Waals surface area contributed by atoms with Crippen molar-refractivity contribution in [2.45, 2.75) is 69.8 Å². The average molecular weight is 282 g/mol. The number of thioether (sulfide) groups is 1. The van der Waals surface area contributed by atoms with Crippen molar-refractivity contribution in [1.29, 1.82) is 0 Å². The SMILES string of the molecule is CCC(CC)n1ccc(CC(O)C2(C)CCCS2)n1. The van der Waals surface area contributed by atoms with Gasteiger partial charge in [-0.15, -0.1) is 0 Å². The fourth-order valence-electron chi connectivity index (χ4n) is 2.83. The predicted octanol–water partition coefficient (Wildman–Crippen LogP) is 3.43. The van der Waals surface area contributed by atoms with E-state index in [0.29, 0.717) is 12.5 Å². The fraction of sp³-hybridized carbons (Fsp3) is 0.800. The fourth-order valence-corrected chi connectivity index (χ4v) is 4.15. The lowest BCUT2D eigenvalue weighted by Crippen LogP contribution is -2.35. The van der Waals surface area contributed by atoms with Gasteiger partial charge < -0.3 is 5.11 Å². The van der Waals surface area contributed by atoms with Crippen LogP contribution in [-0.4, -0.2) is 31.5 Å². The van der Waals surface area contributed by atoms with E-state index in [0.717, 1.165) is 25.0 Å². The molecular formula is C15H26N2OS. The van der Waals surface area contributed by atoms with Gasteiger partial charge >= 0.3 is 0 Å². The monoisotopic (exact) mass is 282 g/mol. The molecule has 1 aliphatic rings. The Morgan fingerprint density at radius 3 is 2.79 bits per heavy atom. The molecule has 0 radical (unpaired) electrons. The van der Waals surface area contributed by atoms with Gasteiger partial charge in [0.2, 0.25) is 0 Å². The molecular weight excluding hydrogens is 256 g/mol. The smallest absolute Gasteiger partial charge is 0.0740 e. The molecule has 1 saturated heterocycles. The first-order valence-electron chi connectivity index (χ1n) is 7.45. The van der Waals surface area contributed by atoms with Crippen LogP contribution in [0.2, 0.25) is 0 Å². The van der Waals surface area contributed by atoms with Crippen molar-refractivity contribution in [1.82, 2.24) is 9.78 Å². The van der Waals surface area contributed by atoms with Crippen LogP contribution in [0.15, 0.2) is 12.3 Å². The number of aromatic nitrogens is 2. The second-order valence-electron chi connectivity index (χ2n) is 5.74. The maximum Gasteiger partial charge on any atom is 0.0740 e. The third-order valence-corrected chi connectivity index (χ3v) is 5.97. The summed E-state index contributed by atoms with van der Waals surface area (Å²) >= 11 is 1.91. The summed E-state index contributed by atoms with van der Waals surface area (Å²) in [6, 6.07) is 2.55. The van der Waals surface area contributed by atoms with Gasteiger partial charge in [0.15, 0.2) is 0 Å². The van der Waals surface area contributed by atoms with Gasteiger partial charge in [-0.3, -0.25) is 4.68 Å². The number of rotatable bonds is 6. The topological polar surface area (TPSA) is 38.0 Å². The molecule has 0 bridgehead atoms. The minimum Gasteiger partial charge on any atom is -0.391 e. The zero-order chi connectivity index (χ0) is 13.9. The molecule has 0 aliphatic carbocycles. The third kappa shape index (κ3) is 3.34. The lowest BCUT2D eigenvalue weighted by Gasteiger charge is -2.28. The summed E-state index contributed by atoms with van der Waals surface area (Å²) in [4.78, 5) is 0. The molecule has 1 fully saturated rings. The van der Waals surface area contributed by atoms with Crippen molar-refractivity contribution in [3.8, 4) is 0 Å².